The fraction of sp³-hybridized carbons (Fsp3) is 0.529. The van der Waals surface area contributed by atoms with Gasteiger partial charge in [-0.05, 0) is 32.9 Å². The van der Waals surface area contributed by atoms with Crippen LogP contribution in [0.25, 0.3) is 0 Å². The van der Waals surface area contributed by atoms with E-state index in [0.29, 0.717) is 6.29 Å². The minimum Gasteiger partial charge on any atom is -0.444 e. The maximum absolute atomic E-state index is 13.3. The average Bonchev–Trinajstić information content (AvgIpc) is 2.51. The monoisotopic (exact) mass is 358 g/mol. The third-order valence-electron chi connectivity index (χ3n) is 3.75. The zero-order valence-electron chi connectivity index (χ0n) is 14.4. The van der Waals surface area contributed by atoms with Crippen molar-refractivity contribution in [1.29, 1.82) is 0 Å². The highest BCUT2D eigenvalue weighted by Gasteiger charge is 2.37. The standard InChI is InChI=1S/C17H21F3N2O3/c1-16(2,3)25-15(24)22-9-7-21(8-10-22)14-12(11-23)5-4-6-13(14)17(18,19)20/h4-6,11H,7-10H2,1-3H3. The van der Waals surface area contributed by atoms with Gasteiger partial charge in [-0.3, -0.25) is 4.79 Å². The molecular weight excluding hydrogens is 337 g/mol. The summed E-state index contributed by atoms with van der Waals surface area (Å²) in [6, 6.07) is 3.54. The third kappa shape index (κ3) is 4.64. The molecule has 2 rings (SSSR count). The van der Waals surface area contributed by atoms with E-state index < -0.39 is 23.4 Å². The van der Waals surface area contributed by atoms with Crippen LogP contribution in [0.5, 0.6) is 0 Å². The summed E-state index contributed by atoms with van der Waals surface area (Å²) in [7, 11) is 0. The lowest BCUT2D eigenvalue weighted by molar-refractivity contribution is -0.137. The van der Waals surface area contributed by atoms with Crippen LogP contribution in [0.3, 0.4) is 0 Å². The van der Waals surface area contributed by atoms with Crippen molar-refractivity contribution in [3.8, 4) is 0 Å². The van der Waals surface area contributed by atoms with Crippen molar-refractivity contribution in [3.05, 3.63) is 29.3 Å². The third-order valence-corrected chi connectivity index (χ3v) is 3.75. The molecule has 138 valence electrons. The largest absolute Gasteiger partial charge is 0.444 e. The van der Waals surface area contributed by atoms with Gasteiger partial charge >= 0.3 is 12.3 Å². The van der Waals surface area contributed by atoms with E-state index in [1.54, 1.807) is 20.8 Å². The van der Waals surface area contributed by atoms with Gasteiger partial charge in [-0.25, -0.2) is 4.79 Å². The van der Waals surface area contributed by atoms with E-state index >= 15 is 0 Å². The maximum Gasteiger partial charge on any atom is 0.418 e. The van der Waals surface area contributed by atoms with Crippen molar-refractivity contribution in [2.24, 2.45) is 0 Å². The molecule has 1 heterocycles. The van der Waals surface area contributed by atoms with E-state index in [1.807, 2.05) is 0 Å². The number of nitrogens with zero attached hydrogens (tertiary/aromatic N) is 2. The summed E-state index contributed by atoms with van der Waals surface area (Å²) in [5.41, 5.74) is -1.63. The highest BCUT2D eigenvalue weighted by atomic mass is 19.4. The molecule has 0 bridgehead atoms. The van der Waals surface area contributed by atoms with Gasteiger partial charge in [0.2, 0.25) is 0 Å². The first-order valence-corrected chi connectivity index (χ1v) is 7.91. The van der Waals surface area contributed by atoms with Crippen molar-refractivity contribution in [2.75, 3.05) is 31.1 Å². The van der Waals surface area contributed by atoms with Crippen LogP contribution >= 0.6 is 0 Å². The number of carbonyl (C=O) groups is 2. The lowest BCUT2D eigenvalue weighted by atomic mass is 10.0. The number of para-hydroxylation sites is 1. The van der Waals surface area contributed by atoms with Gasteiger partial charge in [-0.2, -0.15) is 13.2 Å². The number of alkyl halides is 3. The second-order valence-corrected chi connectivity index (χ2v) is 6.81. The van der Waals surface area contributed by atoms with Gasteiger partial charge in [0.05, 0.1) is 11.3 Å². The number of aldehydes is 1. The number of hydrogen-bond donors (Lipinski definition) is 0. The maximum atomic E-state index is 13.3. The Balaban J connectivity index is 2.18. The Kier molecular flexibility index (Phi) is 5.29. The molecule has 1 aliphatic heterocycles. The Labute approximate surface area is 144 Å². The quantitative estimate of drug-likeness (QED) is 0.759. The fourth-order valence-electron chi connectivity index (χ4n) is 2.68. The minimum atomic E-state index is -4.56. The summed E-state index contributed by atoms with van der Waals surface area (Å²) < 4.78 is 45.1. The van der Waals surface area contributed by atoms with Crippen molar-refractivity contribution < 1.29 is 27.5 Å². The highest BCUT2D eigenvalue weighted by molar-refractivity contribution is 5.86. The molecule has 8 heteroatoms. The number of benzene rings is 1. The Morgan fingerprint density at radius 2 is 1.72 bits per heavy atom. The summed E-state index contributed by atoms with van der Waals surface area (Å²) >= 11 is 0. The Bertz CT molecular complexity index is 646. The van der Waals surface area contributed by atoms with Gasteiger partial charge in [0.25, 0.3) is 0 Å². The minimum absolute atomic E-state index is 0.0134. The molecule has 1 aromatic rings. The van der Waals surface area contributed by atoms with E-state index in [9.17, 15) is 22.8 Å². The van der Waals surface area contributed by atoms with E-state index in [4.69, 9.17) is 4.74 Å². The molecule has 0 radical (unpaired) electrons. The highest BCUT2D eigenvalue weighted by Crippen LogP contribution is 2.38. The van der Waals surface area contributed by atoms with E-state index in [2.05, 4.69) is 0 Å². The average molecular weight is 358 g/mol. The summed E-state index contributed by atoms with van der Waals surface area (Å²) in [5.74, 6) is 0. The summed E-state index contributed by atoms with van der Waals surface area (Å²) in [4.78, 5) is 26.2. The first kappa shape index (κ1) is 19.1. The smallest absolute Gasteiger partial charge is 0.418 e. The van der Waals surface area contributed by atoms with Crippen molar-refractivity contribution in [2.45, 2.75) is 32.5 Å². The predicted molar refractivity (Wildman–Crippen MR) is 86.9 cm³/mol. The molecule has 1 aliphatic rings. The molecule has 1 saturated heterocycles. The van der Waals surface area contributed by atoms with Crippen molar-refractivity contribution in [3.63, 3.8) is 0 Å². The number of rotatable bonds is 2. The molecule has 5 nitrogen and oxygen atoms in total. The van der Waals surface area contributed by atoms with E-state index in [0.717, 1.165) is 6.07 Å². The van der Waals surface area contributed by atoms with Crippen LogP contribution in [-0.2, 0) is 10.9 Å². The second kappa shape index (κ2) is 6.93. The van der Waals surface area contributed by atoms with Crippen LogP contribution in [0.1, 0.15) is 36.7 Å². The molecular formula is C17H21F3N2O3. The number of amides is 1. The number of ether oxygens (including phenoxy) is 1. The summed E-state index contributed by atoms with van der Waals surface area (Å²) in [5, 5.41) is 0. The Hall–Kier alpha value is -2.25. The van der Waals surface area contributed by atoms with Gasteiger partial charge in [0, 0.05) is 31.7 Å². The van der Waals surface area contributed by atoms with Crippen LogP contribution in [-0.4, -0.2) is 49.1 Å². The molecule has 25 heavy (non-hydrogen) atoms. The number of carbonyl (C=O) groups excluding carboxylic acids is 2. The SMILES string of the molecule is CC(C)(C)OC(=O)N1CCN(c2c(C=O)cccc2C(F)(F)F)CC1. The molecule has 0 spiro atoms. The predicted octanol–water partition coefficient (Wildman–Crippen LogP) is 3.58. The molecule has 0 saturated carbocycles. The number of halogens is 3. The molecule has 0 N–H and O–H groups in total. The zero-order valence-corrected chi connectivity index (χ0v) is 14.4. The van der Waals surface area contributed by atoms with E-state index in [-0.39, 0.29) is 37.4 Å². The lowest BCUT2D eigenvalue weighted by Gasteiger charge is -2.38. The first-order chi connectivity index (χ1) is 11.5. The van der Waals surface area contributed by atoms with Gasteiger partial charge < -0.3 is 14.5 Å². The van der Waals surface area contributed by atoms with E-state index in [1.165, 1.54) is 21.9 Å². The molecule has 0 unspecified atom stereocenters. The Morgan fingerprint density at radius 3 is 2.20 bits per heavy atom. The number of piperazine rings is 1. The number of hydrogen-bond acceptors (Lipinski definition) is 4. The fourth-order valence-corrected chi connectivity index (χ4v) is 2.68. The molecule has 0 atom stereocenters. The molecule has 1 aromatic carbocycles. The summed E-state index contributed by atoms with van der Waals surface area (Å²) in [6.07, 6.45) is -4.63. The van der Waals surface area contributed by atoms with Gasteiger partial charge in [-0.1, -0.05) is 6.07 Å². The van der Waals surface area contributed by atoms with Crippen LogP contribution in [0.2, 0.25) is 0 Å². The molecule has 1 amide bonds. The first-order valence-electron chi connectivity index (χ1n) is 7.91. The normalized spacial score (nSPS) is 15.9. The lowest BCUT2D eigenvalue weighted by Crippen LogP contribution is -2.50. The zero-order chi connectivity index (χ0) is 18.8. The topological polar surface area (TPSA) is 49.9 Å². The van der Waals surface area contributed by atoms with Gasteiger partial charge in [-0.15, -0.1) is 0 Å². The van der Waals surface area contributed by atoms with Crippen LogP contribution in [0, 0.1) is 0 Å². The summed E-state index contributed by atoms with van der Waals surface area (Å²) in [6.45, 7) is 6.06. The molecule has 1 fully saturated rings. The van der Waals surface area contributed by atoms with Crippen LogP contribution in [0.15, 0.2) is 18.2 Å². The van der Waals surface area contributed by atoms with Crippen LogP contribution < -0.4 is 4.90 Å². The van der Waals surface area contributed by atoms with Gasteiger partial charge in [0.15, 0.2) is 6.29 Å². The number of anilines is 1. The molecule has 0 aromatic heterocycles. The van der Waals surface area contributed by atoms with Crippen molar-refractivity contribution >= 4 is 18.1 Å². The van der Waals surface area contributed by atoms with Gasteiger partial charge in [0.1, 0.15) is 5.60 Å². The Morgan fingerprint density at radius 1 is 1.12 bits per heavy atom. The van der Waals surface area contributed by atoms with Crippen LogP contribution in [0.4, 0.5) is 23.7 Å². The second-order valence-electron chi connectivity index (χ2n) is 6.81. The van der Waals surface area contributed by atoms with Crippen molar-refractivity contribution in [1.82, 2.24) is 4.90 Å². The molecule has 0 aliphatic carbocycles.